The van der Waals surface area contributed by atoms with Crippen LogP contribution in [0.2, 0.25) is 0 Å². The Balaban J connectivity index is 1.79. The van der Waals surface area contributed by atoms with Gasteiger partial charge in [-0.15, -0.1) is 0 Å². The lowest BCUT2D eigenvalue weighted by atomic mass is 10.1. The Kier molecular flexibility index (Phi) is 7.19. The van der Waals surface area contributed by atoms with Gasteiger partial charge in [-0.05, 0) is 50.4 Å². The zero-order valence-corrected chi connectivity index (χ0v) is 19.1. The Morgan fingerprint density at radius 3 is 2.39 bits per heavy atom. The number of nitrogens with zero attached hydrogens (tertiary/aromatic N) is 2. The Labute approximate surface area is 183 Å². The van der Waals surface area contributed by atoms with Crippen LogP contribution in [0.3, 0.4) is 0 Å². The number of amides is 1. The number of hydrogen-bond acceptors (Lipinski definition) is 6. The molecule has 3 rings (SSSR count). The maximum atomic E-state index is 13.0. The van der Waals surface area contributed by atoms with Crippen LogP contribution in [0, 0.1) is 0 Å². The average Bonchev–Trinajstić information content (AvgIpc) is 2.78. The van der Waals surface area contributed by atoms with Gasteiger partial charge in [0.25, 0.3) is 5.91 Å². The molecule has 0 unspecified atom stereocenters. The minimum atomic E-state index is -3.65. The van der Waals surface area contributed by atoms with Gasteiger partial charge in [-0.25, -0.2) is 8.42 Å². The van der Waals surface area contributed by atoms with E-state index in [2.05, 4.69) is 10.2 Å². The Morgan fingerprint density at radius 1 is 1.03 bits per heavy atom. The summed E-state index contributed by atoms with van der Waals surface area (Å²) in [5.41, 5.74) is 1.04. The Hall–Kier alpha value is -2.62. The molecular weight excluding hydrogens is 418 g/mol. The highest BCUT2D eigenvalue weighted by Crippen LogP contribution is 2.29. The lowest BCUT2D eigenvalue weighted by molar-refractivity contribution is 0.0939. The summed E-state index contributed by atoms with van der Waals surface area (Å²) in [6.45, 7) is 4.06. The molecule has 31 heavy (non-hydrogen) atoms. The van der Waals surface area contributed by atoms with Crippen molar-refractivity contribution in [1.82, 2.24) is 14.5 Å². The Bertz CT molecular complexity index is 1030. The van der Waals surface area contributed by atoms with Crippen LogP contribution in [0.25, 0.3) is 0 Å². The standard InChI is InChI=1S/C22H29N3O5S/c1-16(20-15-18(29-3)8-9-21(20)30-4)23-22(26)17-6-5-7-19(14-17)31(27,28)25-12-10-24(2)11-13-25/h5-9,14-16H,10-13H2,1-4H3,(H,23,26)/t16-/m0/s1. The molecule has 1 aliphatic rings. The number of methoxy groups -OCH3 is 2. The van der Waals surface area contributed by atoms with Crippen LogP contribution in [0.4, 0.5) is 0 Å². The summed E-state index contributed by atoms with van der Waals surface area (Å²) in [6, 6.07) is 11.1. The van der Waals surface area contributed by atoms with Gasteiger partial charge in [0.2, 0.25) is 10.0 Å². The minimum Gasteiger partial charge on any atom is -0.497 e. The second-order valence-electron chi connectivity index (χ2n) is 7.54. The van der Waals surface area contributed by atoms with Gasteiger partial charge in [-0.1, -0.05) is 6.07 Å². The van der Waals surface area contributed by atoms with Gasteiger partial charge in [0, 0.05) is 37.3 Å². The van der Waals surface area contributed by atoms with E-state index in [1.807, 2.05) is 14.0 Å². The number of likely N-dealkylation sites (N-methyl/N-ethyl adjacent to an activating group) is 1. The zero-order chi connectivity index (χ0) is 22.6. The fourth-order valence-electron chi connectivity index (χ4n) is 3.51. The van der Waals surface area contributed by atoms with Crippen LogP contribution in [0.5, 0.6) is 11.5 Å². The summed E-state index contributed by atoms with van der Waals surface area (Å²) in [5, 5.41) is 2.91. The van der Waals surface area contributed by atoms with Gasteiger partial charge in [-0.3, -0.25) is 4.79 Å². The third-order valence-electron chi connectivity index (χ3n) is 5.45. The van der Waals surface area contributed by atoms with E-state index in [1.54, 1.807) is 44.6 Å². The molecule has 9 heteroatoms. The second-order valence-corrected chi connectivity index (χ2v) is 9.48. The predicted octanol–water partition coefficient (Wildman–Crippen LogP) is 2.13. The molecule has 1 aliphatic heterocycles. The van der Waals surface area contributed by atoms with Crippen molar-refractivity contribution in [2.75, 3.05) is 47.4 Å². The first-order chi connectivity index (χ1) is 14.8. The molecule has 1 amide bonds. The smallest absolute Gasteiger partial charge is 0.251 e. The molecule has 0 spiro atoms. The molecular formula is C22H29N3O5S. The highest BCUT2D eigenvalue weighted by molar-refractivity contribution is 7.89. The molecule has 1 fully saturated rings. The van der Waals surface area contributed by atoms with Gasteiger partial charge >= 0.3 is 0 Å². The summed E-state index contributed by atoms with van der Waals surface area (Å²) in [6.07, 6.45) is 0. The minimum absolute atomic E-state index is 0.122. The molecule has 2 aromatic carbocycles. The molecule has 2 aromatic rings. The molecule has 1 heterocycles. The number of hydrogen-bond donors (Lipinski definition) is 1. The number of piperazine rings is 1. The molecule has 1 N–H and O–H groups in total. The van der Waals surface area contributed by atoms with Crippen molar-refractivity contribution in [2.24, 2.45) is 0 Å². The van der Waals surface area contributed by atoms with E-state index >= 15 is 0 Å². The molecule has 0 saturated carbocycles. The molecule has 0 aromatic heterocycles. The molecule has 0 aliphatic carbocycles. The molecule has 168 valence electrons. The lowest BCUT2D eigenvalue weighted by Crippen LogP contribution is -2.47. The normalized spacial score (nSPS) is 16.5. The van der Waals surface area contributed by atoms with Crippen LogP contribution in [0.15, 0.2) is 47.4 Å². The topological polar surface area (TPSA) is 88.2 Å². The van der Waals surface area contributed by atoms with Crippen molar-refractivity contribution in [3.63, 3.8) is 0 Å². The van der Waals surface area contributed by atoms with Crippen molar-refractivity contribution < 1.29 is 22.7 Å². The fraction of sp³-hybridized carbons (Fsp3) is 0.409. The van der Waals surface area contributed by atoms with Gasteiger partial charge < -0.3 is 19.7 Å². The first-order valence-electron chi connectivity index (χ1n) is 10.1. The monoisotopic (exact) mass is 447 g/mol. The van der Waals surface area contributed by atoms with Crippen LogP contribution >= 0.6 is 0 Å². The third-order valence-corrected chi connectivity index (χ3v) is 7.34. The summed E-state index contributed by atoms with van der Waals surface area (Å²) < 4.78 is 38.2. The van der Waals surface area contributed by atoms with Crippen LogP contribution in [-0.2, 0) is 10.0 Å². The third kappa shape index (κ3) is 5.17. The van der Waals surface area contributed by atoms with E-state index < -0.39 is 10.0 Å². The van der Waals surface area contributed by atoms with E-state index in [4.69, 9.17) is 9.47 Å². The quantitative estimate of drug-likeness (QED) is 0.700. The van der Waals surface area contributed by atoms with Gasteiger partial charge in [-0.2, -0.15) is 4.31 Å². The molecule has 0 bridgehead atoms. The predicted molar refractivity (Wildman–Crippen MR) is 118 cm³/mol. The summed E-state index contributed by atoms with van der Waals surface area (Å²) in [7, 11) is 1.45. The largest absolute Gasteiger partial charge is 0.497 e. The lowest BCUT2D eigenvalue weighted by Gasteiger charge is -2.31. The number of benzene rings is 2. The van der Waals surface area contributed by atoms with E-state index in [0.29, 0.717) is 37.7 Å². The van der Waals surface area contributed by atoms with E-state index in [9.17, 15) is 13.2 Å². The first kappa shape index (κ1) is 23.1. The highest BCUT2D eigenvalue weighted by atomic mass is 32.2. The van der Waals surface area contributed by atoms with E-state index in [0.717, 1.165) is 5.56 Å². The maximum absolute atomic E-state index is 13.0. The summed E-state index contributed by atoms with van der Waals surface area (Å²) in [4.78, 5) is 15.1. The van der Waals surface area contributed by atoms with Crippen LogP contribution in [-0.4, -0.2) is 71.0 Å². The molecule has 1 atom stereocenters. The number of carbonyl (C=O) groups excluding carboxylic acids is 1. The van der Waals surface area contributed by atoms with Crippen LogP contribution < -0.4 is 14.8 Å². The summed E-state index contributed by atoms with van der Waals surface area (Å²) in [5.74, 6) is 0.907. The molecule has 1 saturated heterocycles. The first-order valence-corrected chi connectivity index (χ1v) is 11.5. The molecule has 8 nitrogen and oxygen atoms in total. The highest BCUT2D eigenvalue weighted by Gasteiger charge is 2.28. The average molecular weight is 448 g/mol. The van der Waals surface area contributed by atoms with E-state index in [-0.39, 0.29) is 22.4 Å². The molecule has 0 radical (unpaired) electrons. The maximum Gasteiger partial charge on any atom is 0.251 e. The number of nitrogens with one attached hydrogen (secondary N) is 1. The zero-order valence-electron chi connectivity index (χ0n) is 18.3. The second kappa shape index (κ2) is 9.67. The fourth-order valence-corrected chi connectivity index (χ4v) is 4.98. The Morgan fingerprint density at radius 2 is 1.74 bits per heavy atom. The number of carbonyl (C=O) groups is 1. The number of sulfonamides is 1. The van der Waals surface area contributed by atoms with E-state index in [1.165, 1.54) is 16.4 Å². The van der Waals surface area contributed by atoms with Crippen molar-refractivity contribution in [2.45, 2.75) is 17.9 Å². The number of ether oxygens (including phenoxy) is 2. The van der Waals surface area contributed by atoms with Gasteiger partial charge in [0.05, 0.1) is 25.2 Å². The van der Waals surface area contributed by atoms with Crippen molar-refractivity contribution in [3.8, 4) is 11.5 Å². The summed E-state index contributed by atoms with van der Waals surface area (Å²) >= 11 is 0. The van der Waals surface area contributed by atoms with Gasteiger partial charge in [0.15, 0.2) is 0 Å². The van der Waals surface area contributed by atoms with Crippen molar-refractivity contribution >= 4 is 15.9 Å². The van der Waals surface area contributed by atoms with Gasteiger partial charge in [0.1, 0.15) is 11.5 Å². The number of rotatable bonds is 7. The van der Waals surface area contributed by atoms with Crippen molar-refractivity contribution in [1.29, 1.82) is 0 Å². The van der Waals surface area contributed by atoms with Crippen LogP contribution in [0.1, 0.15) is 28.9 Å². The SMILES string of the molecule is COc1ccc(OC)c([C@H](C)NC(=O)c2cccc(S(=O)(=O)N3CCN(C)CC3)c2)c1. The van der Waals surface area contributed by atoms with Crippen molar-refractivity contribution in [3.05, 3.63) is 53.6 Å².